The molecule has 0 bridgehead atoms. The summed E-state index contributed by atoms with van der Waals surface area (Å²) < 4.78 is 9.90. The van der Waals surface area contributed by atoms with Crippen molar-refractivity contribution >= 4 is 11.9 Å². The summed E-state index contributed by atoms with van der Waals surface area (Å²) in [6, 6.07) is 3.62. The minimum Gasteiger partial charge on any atom is -0.504 e. The van der Waals surface area contributed by atoms with E-state index < -0.39 is 46.4 Å². The van der Waals surface area contributed by atoms with Crippen LogP contribution in [0.3, 0.4) is 0 Å². The van der Waals surface area contributed by atoms with Gasteiger partial charge in [-0.1, -0.05) is 13.3 Å². The van der Waals surface area contributed by atoms with Crippen molar-refractivity contribution in [1.29, 1.82) is 0 Å². The molecule has 144 valence electrons. The van der Waals surface area contributed by atoms with Crippen LogP contribution in [0.5, 0.6) is 34.5 Å². The fraction of sp³-hybridized carbons (Fsp3) is 0.222. The molecule has 0 aliphatic heterocycles. The topological polar surface area (TPSA) is 154 Å². The Morgan fingerprint density at radius 2 is 1.33 bits per heavy atom. The molecule has 0 aliphatic carbocycles. The van der Waals surface area contributed by atoms with Crippen molar-refractivity contribution < 1.29 is 44.6 Å². The first-order chi connectivity index (χ1) is 12.7. The number of rotatable bonds is 6. The van der Waals surface area contributed by atoms with Gasteiger partial charge in [-0.2, -0.15) is 0 Å². The minimum atomic E-state index is -1.13. The Bertz CT molecular complexity index is 850. The largest absolute Gasteiger partial charge is 0.504 e. The highest BCUT2D eigenvalue weighted by Gasteiger charge is 2.21. The van der Waals surface area contributed by atoms with Crippen molar-refractivity contribution in [3.63, 3.8) is 0 Å². The summed E-state index contributed by atoms with van der Waals surface area (Å²) in [7, 11) is 0. The second kappa shape index (κ2) is 8.17. The third-order valence-electron chi connectivity index (χ3n) is 3.53. The van der Waals surface area contributed by atoms with E-state index in [0.717, 1.165) is 30.7 Å². The Balaban J connectivity index is 2.27. The quantitative estimate of drug-likeness (QED) is 0.220. The standard InChI is InChI=1S/C18H18O9/c1-2-3-4-26-17(24)10-7-13(21)16(23)14(8-10)27-18(25)9-5-11(19)15(22)12(20)6-9/h5-8,19-23H,2-4H2,1H3. The van der Waals surface area contributed by atoms with E-state index in [-0.39, 0.29) is 17.7 Å². The Labute approximate surface area is 153 Å². The van der Waals surface area contributed by atoms with Crippen molar-refractivity contribution in [1.82, 2.24) is 0 Å². The van der Waals surface area contributed by atoms with E-state index in [4.69, 9.17) is 9.47 Å². The lowest BCUT2D eigenvalue weighted by molar-refractivity contribution is 0.0497. The maximum atomic E-state index is 12.2. The molecule has 0 fully saturated rings. The first-order valence-corrected chi connectivity index (χ1v) is 7.94. The summed E-state index contributed by atoms with van der Waals surface area (Å²) in [5.41, 5.74) is -0.502. The Morgan fingerprint density at radius 3 is 1.89 bits per heavy atom. The molecule has 0 spiro atoms. The number of aromatic hydroxyl groups is 5. The zero-order valence-electron chi connectivity index (χ0n) is 14.3. The molecular weight excluding hydrogens is 360 g/mol. The number of carbonyl (C=O) groups excluding carboxylic acids is 2. The molecule has 0 amide bonds. The molecule has 5 N–H and O–H groups in total. The monoisotopic (exact) mass is 378 g/mol. The molecule has 2 aromatic rings. The first kappa shape index (κ1) is 19.7. The number of benzene rings is 2. The van der Waals surface area contributed by atoms with Gasteiger partial charge in [0.1, 0.15) is 0 Å². The number of esters is 2. The van der Waals surface area contributed by atoms with Gasteiger partial charge in [-0.05, 0) is 30.7 Å². The van der Waals surface area contributed by atoms with Crippen LogP contribution in [0.2, 0.25) is 0 Å². The minimum absolute atomic E-state index is 0.152. The predicted octanol–water partition coefficient (Wildman–Crippen LogP) is 2.39. The molecule has 2 aromatic carbocycles. The van der Waals surface area contributed by atoms with Crippen molar-refractivity contribution in [2.45, 2.75) is 19.8 Å². The number of phenolic OH excluding ortho intramolecular Hbond substituents is 5. The van der Waals surface area contributed by atoms with Crippen molar-refractivity contribution in [2.75, 3.05) is 6.61 Å². The van der Waals surface area contributed by atoms with Crippen LogP contribution in [-0.2, 0) is 4.74 Å². The highest BCUT2D eigenvalue weighted by atomic mass is 16.5. The summed E-state index contributed by atoms with van der Waals surface area (Å²) in [6.45, 7) is 2.08. The van der Waals surface area contributed by atoms with Crippen molar-refractivity contribution in [3.05, 3.63) is 35.4 Å². The molecule has 0 atom stereocenters. The zero-order chi connectivity index (χ0) is 20.1. The third kappa shape index (κ3) is 4.51. The predicted molar refractivity (Wildman–Crippen MR) is 91.4 cm³/mol. The van der Waals surface area contributed by atoms with Gasteiger partial charge in [0.05, 0.1) is 17.7 Å². The van der Waals surface area contributed by atoms with E-state index in [2.05, 4.69) is 0 Å². The fourth-order valence-corrected chi connectivity index (χ4v) is 2.06. The molecule has 0 unspecified atom stereocenters. The van der Waals surface area contributed by atoms with Crippen molar-refractivity contribution in [3.8, 4) is 34.5 Å². The van der Waals surface area contributed by atoms with Crippen LogP contribution >= 0.6 is 0 Å². The summed E-state index contributed by atoms with van der Waals surface area (Å²) >= 11 is 0. The number of ether oxygens (including phenoxy) is 2. The molecule has 2 rings (SSSR count). The van der Waals surface area contributed by atoms with Crippen LogP contribution in [0.15, 0.2) is 24.3 Å². The highest BCUT2D eigenvalue weighted by Crippen LogP contribution is 2.39. The summed E-state index contributed by atoms with van der Waals surface area (Å²) in [4.78, 5) is 24.1. The summed E-state index contributed by atoms with van der Waals surface area (Å²) in [5.74, 6) is -6.29. The maximum Gasteiger partial charge on any atom is 0.343 e. The van der Waals surface area contributed by atoms with Crippen LogP contribution in [0.1, 0.15) is 40.5 Å². The molecule has 9 heteroatoms. The van der Waals surface area contributed by atoms with Gasteiger partial charge in [0.15, 0.2) is 28.7 Å². The smallest absolute Gasteiger partial charge is 0.343 e. The molecular formula is C18H18O9. The molecule has 0 aliphatic rings. The number of unbranched alkanes of at least 4 members (excludes halogenated alkanes) is 1. The van der Waals surface area contributed by atoms with E-state index in [1.54, 1.807) is 0 Å². The second-order valence-corrected chi connectivity index (χ2v) is 5.58. The average molecular weight is 378 g/mol. The van der Waals surface area contributed by atoms with Crippen LogP contribution in [0.25, 0.3) is 0 Å². The Hall–Kier alpha value is -3.62. The molecule has 0 saturated carbocycles. The van der Waals surface area contributed by atoms with Crippen LogP contribution in [-0.4, -0.2) is 44.1 Å². The van der Waals surface area contributed by atoms with E-state index in [1.807, 2.05) is 6.92 Å². The fourth-order valence-electron chi connectivity index (χ4n) is 2.06. The third-order valence-corrected chi connectivity index (χ3v) is 3.53. The Kier molecular flexibility index (Phi) is 5.96. The number of hydrogen-bond donors (Lipinski definition) is 5. The number of carbonyl (C=O) groups is 2. The second-order valence-electron chi connectivity index (χ2n) is 5.58. The molecule has 0 aromatic heterocycles. The van der Waals surface area contributed by atoms with Gasteiger partial charge in [-0.25, -0.2) is 9.59 Å². The lowest BCUT2D eigenvalue weighted by atomic mass is 10.1. The van der Waals surface area contributed by atoms with Crippen LogP contribution in [0.4, 0.5) is 0 Å². The molecule has 0 heterocycles. The van der Waals surface area contributed by atoms with E-state index in [0.29, 0.717) is 6.42 Å². The van der Waals surface area contributed by atoms with Gasteiger partial charge < -0.3 is 35.0 Å². The average Bonchev–Trinajstić information content (AvgIpc) is 2.62. The van der Waals surface area contributed by atoms with Gasteiger partial charge in [-0.15, -0.1) is 0 Å². The molecule has 9 nitrogen and oxygen atoms in total. The summed E-state index contributed by atoms with van der Waals surface area (Å²) in [6.07, 6.45) is 1.45. The normalized spacial score (nSPS) is 10.4. The van der Waals surface area contributed by atoms with Gasteiger partial charge in [0, 0.05) is 0 Å². The van der Waals surface area contributed by atoms with Crippen LogP contribution in [0, 0.1) is 0 Å². The molecule has 27 heavy (non-hydrogen) atoms. The number of phenols is 5. The van der Waals surface area contributed by atoms with E-state index in [1.165, 1.54) is 0 Å². The zero-order valence-corrected chi connectivity index (χ0v) is 14.3. The molecule has 0 saturated heterocycles. The molecule has 0 radical (unpaired) electrons. The van der Waals surface area contributed by atoms with Gasteiger partial charge in [0.25, 0.3) is 0 Å². The van der Waals surface area contributed by atoms with Crippen molar-refractivity contribution in [2.24, 2.45) is 0 Å². The lowest BCUT2D eigenvalue weighted by Crippen LogP contribution is -2.10. The lowest BCUT2D eigenvalue weighted by Gasteiger charge is -2.11. The van der Waals surface area contributed by atoms with Crippen LogP contribution < -0.4 is 4.74 Å². The Morgan fingerprint density at radius 1 is 0.815 bits per heavy atom. The number of hydrogen-bond acceptors (Lipinski definition) is 9. The highest BCUT2D eigenvalue weighted by molar-refractivity contribution is 5.94. The van der Waals surface area contributed by atoms with Gasteiger partial charge in [0.2, 0.25) is 5.75 Å². The van der Waals surface area contributed by atoms with E-state index >= 15 is 0 Å². The van der Waals surface area contributed by atoms with Gasteiger partial charge in [-0.3, -0.25) is 0 Å². The van der Waals surface area contributed by atoms with E-state index in [9.17, 15) is 35.1 Å². The summed E-state index contributed by atoms with van der Waals surface area (Å²) in [5, 5.41) is 47.8. The van der Waals surface area contributed by atoms with Gasteiger partial charge >= 0.3 is 11.9 Å². The SMILES string of the molecule is CCCCOC(=O)c1cc(O)c(O)c(OC(=O)c2cc(O)c(O)c(O)c2)c1. The maximum absolute atomic E-state index is 12.2. The first-order valence-electron chi connectivity index (χ1n) is 7.94.